The minimum atomic E-state index is -1.37. The zero-order valence-electron chi connectivity index (χ0n) is 12.2. The van der Waals surface area contributed by atoms with Crippen molar-refractivity contribution in [2.24, 2.45) is 5.11 Å². The Kier molecular flexibility index (Phi) is 5.83. The van der Waals surface area contributed by atoms with Gasteiger partial charge in [-0.25, -0.2) is 4.79 Å². The zero-order chi connectivity index (χ0) is 15.9. The summed E-state index contributed by atoms with van der Waals surface area (Å²) in [5.41, 5.74) is 7.33. The number of carboxylic acids is 1. The Morgan fingerprint density at radius 1 is 1.48 bits per heavy atom. The number of aliphatic carboxylic acids is 1. The minimum Gasteiger partial charge on any atom is -0.497 e. The molecule has 1 aromatic carbocycles. The topological polar surface area (TPSA) is 117 Å². The molecule has 0 aliphatic carbocycles. The number of nitrogens with zero attached hydrogens (tertiary/aromatic N) is 3. The molecule has 8 heteroatoms. The van der Waals surface area contributed by atoms with E-state index in [4.69, 9.17) is 15.0 Å². The lowest BCUT2D eigenvalue weighted by atomic mass is 9.91. The number of ether oxygens (including phenoxy) is 2. The van der Waals surface area contributed by atoms with E-state index in [0.717, 1.165) is 0 Å². The number of azide groups is 1. The molecule has 0 aliphatic rings. The molecule has 0 heterocycles. The molecule has 1 unspecified atom stereocenters. The van der Waals surface area contributed by atoms with Crippen LogP contribution >= 0.6 is 0 Å². The van der Waals surface area contributed by atoms with Crippen LogP contribution in [0.25, 0.3) is 10.4 Å². The van der Waals surface area contributed by atoms with Crippen molar-refractivity contribution < 1.29 is 19.4 Å². The predicted molar refractivity (Wildman–Crippen MR) is 76.5 cm³/mol. The molecular weight excluding hydrogens is 276 g/mol. The Labute approximate surface area is 122 Å². The van der Waals surface area contributed by atoms with Gasteiger partial charge < -0.3 is 14.6 Å². The molecule has 2 N–H and O–H groups in total. The van der Waals surface area contributed by atoms with Crippen LogP contribution in [0.4, 0.5) is 0 Å². The molecule has 1 rings (SSSR count). The molecule has 0 saturated carbocycles. The van der Waals surface area contributed by atoms with Gasteiger partial charge in [-0.2, -0.15) is 0 Å². The van der Waals surface area contributed by atoms with Crippen molar-refractivity contribution in [1.82, 2.24) is 5.32 Å². The third kappa shape index (κ3) is 3.77. The number of methoxy groups -OCH3 is 2. The summed E-state index contributed by atoms with van der Waals surface area (Å²) in [5, 5.41) is 15.8. The van der Waals surface area contributed by atoms with E-state index >= 15 is 0 Å². The SMILES string of the molecule is COc1ccc(C(C)(NCCN=[N+]=[N-])C(=O)O)c(OC)c1. The summed E-state index contributed by atoms with van der Waals surface area (Å²) in [5.74, 6) is -0.0974. The summed E-state index contributed by atoms with van der Waals surface area (Å²) in [6, 6.07) is 4.91. The zero-order valence-corrected chi connectivity index (χ0v) is 12.2. The van der Waals surface area contributed by atoms with E-state index in [1.807, 2.05) is 0 Å². The van der Waals surface area contributed by atoms with E-state index < -0.39 is 11.5 Å². The van der Waals surface area contributed by atoms with Crippen molar-refractivity contribution in [3.05, 3.63) is 34.2 Å². The predicted octanol–water partition coefficient (Wildman–Crippen LogP) is 1.90. The largest absolute Gasteiger partial charge is 0.497 e. The van der Waals surface area contributed by atoms with Gasteiger partial charge in [0.1, 0.15) is 17.0 Å². The van der Waals surface area contributed by atoms with Gasteiger partial charge in [-0.1, -0.05) is 5.11 Å². The summed E-state index contributed by atoms with van der Waals surface area (Å²) in [4.78, 5) is 14.3. The molecule has 0 spiro atoms. The average molecular weight is 294 g/mol. The van der Waals surface area contributed by atoms with Crippen LogP contribution in [0.1, 0.15) is 12.5 Å². The molecule has 21 heavy (non-hydrogen) atoms. The molecule has 114 valence electrons. The smallest absolute Gasteiger partial charge is 0.328 e. The van der Waals surface area contributed by atoms with Crippen molar-refractivity contribution in [2.45, 2.75) is 12.5 Å². The van der Waals surface area contributed by atoms with E-state index in [0.29, 0.717) is 17.1 Å². The molecule has 8 nitrogen and oxygen atoms in total. The van der Waals surface area contributed by atoms with Gasteiger partial charge in [0.25, 0.3) is 0 Å². The maximum atomic E-state index is 11.7. The van der Waals surface area contributed by atoms with Gasteiger partial charge in [0.05, 0.1) is 14.2 Å². The molecule has 0 fully saturated rings. The fraction of sp³-hybridized carbons (Fsp3) is 0.462. The fourth-order valence-electron chi connectivity index (χ4n) is 1.90. The van der Waals surface area contributed by atoms with Gasteiger partial charge in [-0.3, -0.25) is 5.32 Å². The molecule has 0 radical (unpaired) electrons. The highest BCUT2D eigenvalue weighted by Crippen LogP contribution is 2.33. The Morgan fingerprint density at radius 3 is 2.71 bits per heavy atom. The minimum absolute atomic E-state index is 0.151. The van der Waals surface area contributed by atoms with Gasteiger partial charge in [0, 0.05) is 29.6 Å². The molecule has 0 aliphatic heterocycles. The Balaban J connectivity index is 3.14. The highest BCUT2D eigenvalue weighted by molar-refractivity contribution is 5.81. The average Bonchev–Trinajstić information content (AvgIpc) is 2.50. The number of nitrogens with one attached hydrogen (secondary N) is 1. The quantitative estimate of drug-likeness (QED) is 0.329. The summed E-state index contributed by atoms with van der Waals surface area (Å²) in [7, 11) is 2.98. The molecule has 0 bridgehead atoms. The van der Waals surface area contributed by atoms with E-state index in [1.54, 1.807) is 18.2 Å². The van der Waals surface area contributed by atoms with Gasteiger partial charge in [0.15, 0.2) is 0 Å². The molecule has 0 saturated heterocycles. The van der Waals surface area contributed by atoms with Crippen LogP contribution < -0.4 is 14.8 Å². The van der Waals surface area contributed by atoms with Crippen molar-refractivity contribution in [2.75, 3.05) is 27.3 Å². The van der Waals surface area contributed by atoms with E-state index in [2.05, 4.69) is 15.3 Å². The summed E-state index contributed by atoms with van der Waals surface area (Å²) in [6.07, 6.45) is 0. The van der Waals surface area contributed by atoms with Crippen LogP contribution in [0, 0.1) is 0 Å². The molecule has 0 aromatic heterocycles. The summed E-state index contributed by atoms with van der Waals surface area (Å²) >= 11 is 0. The maximum absolute atomic E-state index is 11.7. The second kappa shape index (κ2) is 7.37. The lowest BCUT2D eigenvalue weighted by Gasteiger charge is -2.28. The number of hydrogen-bond acceptors (Lipinski definition) is 5. The number of benzene rings is 1. The van der Waals surface area contributed by atoms with Crippen LogP contribution in [0.2, 0.25) is 0 Å². The second-order valence-corrected chi connectivity index (χ2v) is 4.38. The number of carboxylic acid groups (broad SMARTS) is 1. The third-order valence-corrected chi connectivity index (χ3v) is 3.13. The highest BCUT2D eigenvalue weighted by atomic mass is 16.5. The number of hydrogen-bond donors (Lipinski definition) is 2. The van der Waals surface area contributed by atoms with Gasteiger partial charge in [-0.15, -0.1) is 0 Å². The maximum Gasteiger partial charge on any atom is 0.328 e. The first-order valence-corrected chi connectivity index (χ1v) is 6.21. The van der Waals surface area contributed by atoms with Gasteiger partial charge in [-0.05, 0) is 24.6 Å². The van der Waals surface area contributed by atoms with Crippen LogP contribution in [0.5, 0.6) is 11.5 Å². The number of rotatable bonds is 8. The van der Waals surface area contributed by atoms with E-state index in [-0.39, 0.29) is 13.1 Å². The lowest BCUT2D eigenvalue weighted by molar-refractivity contribution is -0.144. The Hall–Kier alpha value is -2.44. The fourth-order valence-corrected chi connectivity index (χ4v) is 1.90. The molecule has 1 aromatic rings. The molecular formula is C13H18N4O4. The first kappa shape index (κ1) is 16.6. The normalized spacial score (nSPS) is 12.9. The first-order valence-electron chi connectivity index (χ1n) is 6.21. The Bertz CT molecular complexity index is 557. The van der Waals surface area contributed by atoms with E-state index in [1.165, 1.54) is 21.1 Å². The number of carbonyl (C=O) groups is 1. The summed E-state index contributed by atoms with van der Waals surface area (Å²) < 4.78 is 10.3. The monoisotopic (exact) mass is 294 g/mol. The molecule has 1 atom stereocenters. The van der Waals surface area contributed by atoms with Crippen molar-refractivity contribution >= 4 is 5.97 Å². The van der Waals surface area contributed by atoms with Gasteiger partial charge >= 0.3 is 5.97 Å². The van der Waals surface area contributed by atoms with Crippen LogP contribution in [-0.2, 0) is 10.3 Å². The first-order chi connectivity index (χ1) is 9.99. The van der Waals surface area contributed by atoms with Crippen LogP contribution in [-0.4, -0.2) is 38.4 Å². The highest BCUT2D eigenvalue weighted by Gasteiger charge is 2.37. The van der Waals surface area contributed by atoms with Crippen molar-refractivity contribution in [3.8, 4) is 11.5 Å². The van der Waals surface area contributed by atoms with Crippen LogP contribution in [0.3, 0.4) is 0 Å². The molecule has 0 amide bonds. The van der Waals surface area contributed by atoms with E-state index in [9.17, 15) is 9.90 Å². The van der Waals surface area contributed by atoms with Crippen LogP contribution in [0.15, 0.2) is 23.3 Å². The van der Waals surface area contributed by atoms with Crippen molar-refractivity contribution in [1.29, 1.82) is 0 Å². The van der Waals surface area contributed by atoms with Gasteiger partial charge in [0.2, 0.25) is 0 Å². The Morgan fingerprint density at radius 2 is 2.19 bits per heavy atom. The van der Waals surface area contributed by atoms with Crippen molar-refractivity contribution in [3.63, 3.8) is 0 Å². The third-order valence-electron chi connectivity index (χ3n) is 3.13. The summed E-state index contributed by atoms with van der Waals surface area (Å²) in [6.45, 7) is 1.90. The lowest BCUT2D eigenvalue weighted by Crippen LogP contribution is -2.47. The second-order valence-electron chi connectivity index (χ2n) is 4.38. The standard InChI is InChI=1S/C13H18N4O4/c1-13(12(18)19,15-6-7-16-17-14)10-5-4-9(20-2)8-11(10)21-3/h4-5,8,15H,6-7H2,1-3H3,(H,18,19).